The van der Waals surface area contributed by atoms with Gasteiger partial charge in [0.25, 0.3) is 0 Å². The van der Waals surface area contributed by atoms with Crippen molar-refractivity contribution >= 4 is 11.8 Å². The maximum absolute atomic E-state index is 14.7. The third kappa shape index (κ3) is 3.86. The first kappa shape index (κ1) is 19.5. The Hall–Kier alpha value is -1.77. The minimum absolute atomic E-state index is 0.0843. The Balaban J connectivity index is 1.76. The van der Waals surface area contributed by atoms with Crippen LogP contribution in [0.3, 0.4) is 0 Å². The van der Waals surface area contributed by atoms with E-state index in [2.05, 4.69) is 5.10 Å². The average molecular weight is 415 g/mol. The van der Waals surface area contributed by atoms with E-state index >= 15 is 0 Å². The number of hydrogen-bond acceptors (Lipinski definition) is 3. The number of nitrogens with zero attached hydrogens (tertiary/aromatic N) is 3. The first-order valence-electron chi connectivity index (χ1n) is 9.46. The molecule has 1 aromatic carbocycles. The molecule has 4 nitrogen and oxygen atoms in total. The minimum atomic E-state index is -4.33. The summed E-state index contributed by atoms with van der Waals surface area (Å²) in [5, 5.41) is 4.46. The monoisotopic (exact) mass is 415 g/mol. The molecule has 9 heteroatoms. The Morgan fingerprint density at radius 3 is 2.46 bits per heavy atom. The summed E-state index contributed by atoms with van der Waals surface area (Å²) in [6, 6.07) is 2.58. The van der Waals surface area contributed by atoms with Gasteiger partial charge in [-0.15, -0.1) is 16.9 Å². The first-order chi connectivity index (χ1) is 13.2. The number of halogens is 4. The van der Waals surface area contributed by atoms with Gasteiger partial charge in [0.1, 0.15) is 17.3 Å². The summed E-state index contributed by atoms with van der Waals surface area (Å²) < 4.78 is 55.2. The van der Waals surface area contributed by atoms with Crippen LogP contribution in [0.5, 0.6) is 0 Å². The van der Waals surface area contributed by atoms with E-state index in [4.69, 9.17) is 0 Å². The molecule has 0 unspecified atom stereocenters. The van der Waals surface area contributed by atoms with Crippen molar-refractivity contribution in [2.24, 2.45) is 0 Å². The van der Waals surface area contributed by atoms with Gasteiger partial charge in [-0.05, 0) is 50.3 Å². The zero-order valence-corrected chi connectivity index (χ0v) is 16.2. The van der Waals surface area contributed by atoms with E-state index in [-0.39, 0.29) is 17.6 Å². The maximum atomic E-state index is 14.7. The van der Waals surface area contributed by atoms with E-state index in [0.717, 1.165) is 43.2 Å². The Bertz CT molecular complexity index is 940. The van der Waals surface area contributed by atoms with Crippen LogP contribution >= 0.6 is 11.8 Å². The molecule has 0 spiro atoms. The molecule has 0 amide bonds. The standard InChI is InChI=1S/C19H21F4N3OS/c1-11-8-14(20)15(9-16(11)28-10-19(21,22)23)26-18(27)25(13-6-7-13)17(24-26)12-4-2-3-5-12/h8-9,12-13H,2-7,10H2,1H3. The first-order valence-corrected chi connectivity index (χ1v) is 10.4. The second-order valence-electron chi connectivity index (χ2n) is 7.61. The fourth-order valence-corrected chi connectivity index (χ4v) is 4.61. The molecule has 4 rings (SSSR count). The Labute approximate surface area is 163 Å². The van der Waals surface area contributed by atoms with Gasteiger partial charge in [-0.2, -0.15) is 17.9 Å². The molecular weight excluding hydrogens is 394 g/mol. The second kappa shape index (κ2) is 7.24. The van der Waals surface area contributed by atoms with Crippen LogP contribution in [0.1, 0.15) is 61.9 Å². The van der Waals surface area contributed by atoms with Crippen LogP contribution in [-0.2, 0) is 0 Å². The summed E-state index contributed by atoms with van der Waals surface area (Å²) >= 11 is 0.591. The SMILES string of the molecule is Cc1cc(F)c(-n2nc(C3CCCC3)n(C3CC3)c2=O)cc1SCC(F)(F)F. The molecule has 0 saturated heterocycles. The summed E-state index contributed by atoms with van der Waals surface area (Å²) in [6.45, 7) is 1.56. The van der Waals surface area contributed by atoms with Crippen LogP contribution in [-0.4, -0.2) is 26.3 Å². The lowest BCUT2D eigenvalue weighted by atomic mass is 10.1. The van der Waals surface area contributed by atoms with Crippen LogP contribution < -0.4 is 5.69 Å². The molecule has 2 saturated carbocycles. The van der Waals surface area contributed by atoms with Crippen LogP contribution in [0.2, 0.25) is 0 Å². The van der Waals surface area contributed by atoms with Crippen molar-refractivity contribution in [1.82, 2.24) is 14.3 Å². The van der Waals surface area contributed by atoms with Crippen LogP contribution in [0.15, 0.2) is 21.8 Å². The van der Waals surface area contributed by atoms with E-state index in [9.17, 15) is 22.4 Å². The van der Waals surface area contributed by atoms with E-state index in [1.54, 1.807) is 11.5 Å². The lowest BCUT2D eigenvalue weighted by Gasteiger charge is -2.11. The average Bonchev–Trinajstić information content (AvgIpc) is 3.17. The third-order valence-electron chi connectivity index (χ3n) is 5.33. The number of hydrogen-bond donors (Lipinski definition) is 0. The summed E-state index contributed by atoms with van der Waals surface area (Å²) in [5.41, 5.74) is -0.0842. The van der Waals surface area contributed by atoms with Gasteiger partial charge >= 0.3 is 11.9 Å². The minimum Gasteiger partial charge on any atom is -0.275 e. The van der Waals surface area contributed by atoms with Gasteiger partial charge in [-0.3, -0.25) is 4.57 Å². The van der Waals surface area contributed by atoms with Crippen molar-refractivity contribution in [2.75, 3.05) is 5.75 Å². The highest BCUT2D eigenvalue weighted by Crippen LogP contribution is 2.40. The van der Waals surface area contributed by atoms with Crippen molar-refractivity contribution in [2.45, 2.75) is 68.5 Å². The van der Waals surface area contributed by atoms with Gasteiger partial charge in [0, 0.05) is 16.9 Å². The van der Waals surface area contributed by atoms with Gasteiger partial charge in [0.2, 0.25) is 0 Å². The van der Waals surface area contributed by atoms with Gasteiger partial charge in [-0.1, -0.05) is 12.8 Å². The van der Waals surface area contributed by atoms with E-state index in [1.807, 2.05) is 0 Å². The molecule has 0 atom stereocenters. The van der Waals surface area contributed by atoms with E-state index < -0.39 is 23.4 Å². The van der Waals surface area contributed by atoms with E-state index in [1.165, 1.54) is 12.1 Å². The fourth-order valence-electron chi connectivity index (χ4n) is 3.81. The van der Waals surface area contributed by atoms with Crippen molar-refractivity contribution in [1.29, 1.82) is 0 Å². The lowest BCUT2D eigenvalue weighted by molar-refractivity contribution is -0.105. The van der Waals surface area contributed by atoms with Crippen LogP contribution in [0.25, 0.3) is 5.69 Å². The zero-order chi connectivity index (χ0) is 20.1. The number of thioether (sulfide) groups is 1. The summed E-state index contributed by atoms with van der Waals surface area (Å²) in [6.07, 6.45) is 1.52. The topological polar surface area (TPSA) is 39.8 Å². The smallest absolute Gasteiger partial charge is 0.275 e. The zero-order valence-electron chi connectivity index (χ0n) is 15.4. The van der Waals surface area contributed by atoms with Crippen molar-refractivity contribution in [3.8, 4) is 5.69 Å². The van der Waals surface area contributed by atoms with Gasteiger partial charge in [0.05, 0.1) is 5.75 Å². The Morgan fingerprint density at radius 1 is 1.18 bits per heavy atom. The molecule has 0 aliphatic heterocycles. The fraction of sp³-hybridized carbons (Fsp3) is 0.579. The maximum Gasteiger partial charge on any atom is 0.398 e. The van der Waals surface area contributed by atoms with Gasteiger partial charge in [0.15, 0.2) is 0 Å². The number of benzene rings is 1. The van der Waals surface area contributed by atoms with E-state index in [0.29, 0.717) is 28.0 Å². The van der Waals surface area contributed by atoms with Gasteiger partial charge in [-0.25, -0.2) is 9.18 Å². The van der Waals surface area contributed by atoms with Crippen molar-refractivity contribution < 1.29 is 17.6 Å². The molecular formula is C19H21F4N3OS. The highest BCUT2D eigenvalue weighted by Gasteiger charge is 2.34. The highest BCUT2D eigenvalue weighted by molar-refractivity contribution is 7.99. The van der Waals surface area contributed by atoms with Crippen molar-refractivity contribution in [3.63, 3.8) is 0 Å². The largest absolute Gasteiger partial charge is 0.398 e. The summed E-state index contributed by atoms with van der Waals surface area (Å²) in [4.78, 5) is 13.3. The molecule has 0 N–H and O–H groups in total. The molecule has 2 aliphatic rings. The molecule has 1 aromatic heterocycles. The highest BCUT2D eigenvalue weighted by atomic mass is 32.2. The van der Waals surface area contributed by atoms with Gasteiger partial charge < -0.3 is 0 Å². The number of aryl methyl sites for hydroxylation is 1. The summed E-state index contributed by atoms with van der Waals surface area (Å²) in [7, 11) is 0. The molecule has 0 radical (unpaired) electrons. The number of alkyl halides is 3. The Morgan fingerprint density at radius 2 is 1.86 bits per heavy atom. The molecule has 28 heavy (non-hydrogen) atoms. The number of rotatable bonds is 5. The van der Waals surface area contributed by atoms with Crippen LogP contribution in [0.4, 0.5) is 17.6 Å². The lowest BCUT2D eigenvalue weighted by Crippen LogP contribution is -2.25. The Kier molecular flexibility index (Phi) is 5.05. The van der Waals surface area contributed by atoms with Crippen LogP contribution in [0, 0.1) is 12.7 Å². The van der Waals surface area contributed by atoms with Crippen molar-refractivity contribution in [3.05, 3.63) is 39.8 Å². The molecule has 0 bridgehead atoms. The quantitative estimate of drug-likeness (QED) is 0.502. The molecule has 1 heterocycles. The molecule has 152 valence electrons. The third-order valence-corrected chi connectivity index (χ3v) is 6.56. The second-order valence-corrected chi connectivity index (χ2v) is 8.63. The summed E-state index contributed by atoms with van der Waals surface area (Å²) in [5.74, 6) is -0.858. The normalized spacial score (nSPS) is 18.2. The predicted octanol–water partition coefficient (Wildman–Crippen LogP) is 5.13. The number of aromatic nitrogens is 3. The molecule has 2 aromatic rings. The molecule has 2 aliphatic carbocycles. The molecule has 2 fully saturated rings. The predicted molar refractivity (Wildman–Crippen MR) is 98.8 cm³/mol.